The molecule has 0 aromatic heterocycles. The largest absolute Gasteiger partial charge is 0.455 e. The van der Waals surface area contributed by atoms with E-state index in [2.05, 4.69) is 4.84 Å². The van der Waals surface area contributed by atoms with Crippen molar-refractivity contribution in [1.29, 1.82) is 0 Å². The number of nitrogens with zero attached hydrogens (tertiary/aromatic N) is 2. The van der Waals surface area contributed by atoms with Crippen LogP contribution in [-0.2, 0) is 25.6 Å². The van der Waals surface area contributed by atoms with Crippen molar-refractivity contribution in [2.75, 3.05) is 24.7 Å². The van der Waals surface area contributed by atoms with Gasteiger partial charge in [-0.25, -0.2) is 0 Å². The number of ether oxygens (including phenoxy) is 1. The van der Waals surface area contributed by atoms with Crippen molar-refractivity contribution in [1.82, 2.24) is 0 Å². The Labute approximate surface area is 176 Å². The van der Waals surface area contributed by atoms with Gasteiger partial charge in [0, 0.05) is 12.2 Å². The molecule has 0 bridgehead atoms. The summed E-state index contributed by atoms with van der Waals surface area (Å²) in [7, 11) is 0. The summed E-state index contributed by atoms with van der Waals surface area (Å²) in [6.45, 7) is -0.773. The first-order chi connectivity index (χ1) is 13.8. The lowest BCUT2D eigenvalue weighted by Gasteiger charge is -2.28. The van der Waals surface area contributed by atoms with Crippen molar-refractivity contribution in [3.8, 4) is 0 Å². The number of carbonyl (C=O) groups excluding carboxylic acids is 2. The fourth-order valence-corrected chi connectivity index (χ4v) is 3.19. The molecule has 0 spiro atoms. The number of esters is 1. The number of carbonyl (C=O) groups is 2. The zero-order valence-corrected chi connectivity index (χ0v) is 16.6. The fraction of sp³-hybridized carbons (Fsp3) is 0.222. The van der Waals surface area contributed by atoms with Crippen LogP contribution in [-0.4, -0.2) is 36.7 Å². The highest BCUT2D eigenvalue weighted by Crippen LogP contribution is 2.39. The maximum Gasteiger partial charge on any atom is 0.310 e. The van der Waals surface area contributed by atoms with Crippen LogP contribution in [0.5, 0.6) is 0 Å². The number of anilines is 2. The molecule has 29 heavy (non-hydrogen) atoms. The summed E-state index contributed by atoms with van der Waals surface area (Å²) in [4.78, 5) is 39.4. The summed E-state index contributed by atoms with van der Waals surface area (Å²) < 4.78 is 4.81. The van der Waals surface area contributed by atoms with Gasteiger partial charge in [-0.15, -0.1) is 10.1 Å². The van der Waals surface area contributed by atoms with E-state index < -0.39 is 23.6 Å². The Morgan fingerprint density at radius 1 is 1.10 bits per heavy atom. The van der Waals surface area contributed by atoms with Gasteiger partial charge in [0.15, 0.2) is 6.61 Å². The third kappa shape index (κ3) is 6.51. The molecule has 1 amide bonds. The van der Waals surface area contributed by atoms with Gasteiger partial charge in [-0.1, -0.05) is 47.5 Å². The minimum atomic E-state index is -0.903. The van der Waals surface area contributed by atoms with E-state index in [9.17, 15) is 19.7 Å². The standard InChI is InChI=1S/C18H17Cl2N3O6/c19-13-5-3-6-14(20)18(13)22(8-9-29-23(26)27)15-7-2-1-4-12(15)10-17(25)28-11-16(21)24/h1-7H,8-11H2,(H2,21,24). The molecule has 11 heteroatoms. The zero-order valence-electron chi connectivity index (χ0n) is 15.0. The highest BCUT2D eigenvalue weighted by Gasteiger charge is 2.20. The van der Waals surface area contributed by atoms with Gasteiger partial charge in [-0.2, -0.15) is 0 Å². The number of halogens is 2. The smallest absolute Gasteiger partial charge is 0.310 e. The van der Waals surface area contributed by atoms with Crippen LogP contribution in [0.15, 0.2) is 42.5 Å². The summed E-state index contributed by atoms with van der Waals surface area (Å²) in [5.74, 6) is -1.43. The topological polar surface area (TPSA) is 125 Å². The summed E-state index contributed by atoms with van der Waals surface area (Å²) in [5.41, 5.74) is 6.43. The molecule has 2 rings (SSSR count). The molecule has 0 aliphatic rings. The Morgan fingerprint density at radius 3 is 2.38 bits per heavy atom. The van der Waals surface area contributed by atoms with Gasteiger partial charge in [0.1, 0.15) is 6.61 Å². The fourth-order valence-electron chi connectivity index (χ4n) is 2.59. The van der Waals surface area contributed by atoms with E-state index in [1.54, 1.807) is 47.4 Å². The summed E-state index contributed by atoms with van der Waals surface area (Å²) >= 11 is 12.6. The van der Waals surface area contributed by atoms with Gasteiger partial charge in [-0.05, 0) is 23.8 Å². The van der Waals surface area contributed by atoms with Crippen LogP contribution in [0.3, 0.4) is 0 Å². The third-order valence-electron chi connectivity index (χ3n) is 3.71. The first-order valence-electron chi connectivity index (χ1n) is 8.30. The normalized spacial score (nSPS) is 10.3. The van der Waals surface area contributed by atoms with E-state index in [0.29, 0.717) is 27.0 Å². The van der Waals surface area contributed by atoms with Crippen molar-refractivity contribution in [2.45, 2.75) is 6.42 Å². The van der Waals surface area contributed by atoms with Crippen molar-refractivity contribution < 1.29 is 24.3 Å². The second kappa shape index (κ2) is 10.5. The molecule has 0 aliphatic carbocycles. The Hall–Kier alpha value is -3.04. The molecule has 2 aromatic rings. The van der Waals surface area contributed by atoms with Crippen LogP contribution in [0.25, 0.3) is 0 Å². The van der Waals surface area contributed by atoms with Crippen LogP contribution >= 0.6 is 23.2 Å². The number of hydrogen-bond donors (Lipinski definition) is 1. The molecular weight excluding hydrogens is 425 g/mol. The average molecular weight is 442 g/mol. The monoisotopic (exact) mass is 441 g/mol. The molecule has 0 unspecified atom stereocenters. The molecule has 2 N–H and O–H groups in total. The van der Waals surface area contributed by atoms with Crippen molar-refractivity contribution in [3.63, 3.8) is 0 Å². The Kier molecular flexibility index (Phi) is 8.05. The number of benzene rings is 2. The van der Waals surface area contributed by atoms with Crippen LogP contribution in [0.4, 0.5) is 11.4 Å². The maximum absolute atomic E-state index is 12.1. The summed E-state index contributed by atoms with van der Waals surface area (Å²) in [5, 5.41) is 10.3. The molecule has 0 radical (unpaired) electrons. The average Bonchev–Trinajstić information content (AvgIpc) is 2.65. The molecular formula is C18H17Cl2N3O6. The molecule has 0 saturated carbocycles. The van der Waals surface area contributed by atoms with Crippen molar-refractivity contribution in [2.24, 2.45) is 5.73 Å². The van der Waals surface area contributed by atoms with E-state index in [4.69, 9.17) is 33.7 Å². The molecule has 9 nitrogen and oxygen atoms in total. The van der Waals surface area contributed by atoms with E-state index in [-0.39, 0.29) is 19.6 Å². The van der Waals surface area contributed by atoms with Crippen molar-refractivity contribution in [3.05, 3.63) is 68.2 Å². The number of hydrogen-bond acceptors (Lipinski definition) is 7. The number of nitrogens with two attached hydrogens (primary N) is 1. The van der Waals surface area contributed by atoms with E-state index in [1.807, 2.05) is 0 Å². The second-order valence-corrected chi connectivity index (χ2v) is 6.53. The molecule has 154 valence electrons. The minimum Gasteiger partial charge on any atom is -0.455 e. The lowest BCUT2D eigenvalue weighted by Crippen LogP contribution is -2.26. The van der Waals surface area contributed by atoms with Crippen molar-refractivity contribution >= 4 is 46.5 Å². The van der Waals surface area contributed by atoms with Crippen LogP contribution < -0.4 is 10.6 Å². The van der Waals surface area contributed by atoms with Crippen LogP contribution in [0.1, 0.15) is 5.56 Å². The highest BCUT2D eigenvalue weighted by atomic mass is 35.5. The summed E-state index contributed by atoms with van der Waals surface area (Å²) in [6.07, 6.45) is -0.169. The Bertz CT molecular complexity index is 889. The summed E-state index contributed by atoms with van der Waals surface area (Å²) in [6, 6.07) is 11.7. The van der Waals surface area contributed by atoms with Gasteiger partial charge in [0.05, 0.1) is 22.2 Å². The van der Waals surface area contributed by atoms with Gasteiger partial charge in [0.25, 0.3) is 11.0 Å². The number of para-hydroxylation sites is 2. The maximum atomic E-state index is 12.1. The van der Waals surface area contributed by atoms with Crippen LogP contribution in [0, 0.1) is 10.1 Å². The molecule has 0 aliphatic heterocycles. The predicted octanol–water partition coefficient (Wildman–Crippen LogP) is 2.91. The molecule has 0 heterocycles. The van der Waals surface area contributed by atoms with E-state index in [1.165, 1.54) is 0 Å². The van der Waals surface area contributed by atoms with Gasteiger partial charge in [-0.3, -0.25) is 9.59 Å². The first-order valence-corrected chi connectivity index (χ1v) is 9.06. The van der Waals surface area contributed by atoms with E-state index >= 15 is 0 Å². The lowest BCUT2D eigenvalue weighted by molar-refractivity contribution is -0.757. The predicted molar refractivity (Wildman–Crippen MR) is 107 cm³/mol. The molecule has 2 aromatic carbocycles. The lowest BCUT2D eigenvalue weighted by atomic mass is 10.1. The number of amides is 1. The van der Waals surface area contributed by atoms with Gasteiger partial charge < -0.3 is 20.2 Å². The molecule has 0 fully saturated rings. The Morgan fingerprint density at radius 2 is 1.76 bits per heavy atom. The quantitative estimate of drug-likeness (QED) is 0.341. The second-order valence-electron chi connectivity index (χ2n) is 5.71. The van der Waals surface area contributed by atoms with E-state index in [0.717, 1.165) is 0 Å². The molecule has 0 atom stereocenters. The van der Waals surface area contributed by atoms with Gasteiger partial charge in [0.2, 0.25) is 0 Å². The van der Waals surface area contributed by atoms with Gasteiger partial charge >= 0.3 is 5.97 Å². The Balaban J connectivity index is 2.39. The first kappa shape index (κ1) is 22.3. The third-order valence-corrected chi connectivity index (χ3v) is 4.32. The zero-order chi connectivity index (χ0) is 21.4. The van der Waals surface area contributed by atoms with Crippen LogP contribution in [0.2, 0.25) is 10.0 Å². The minimum absolute atomic E-state index is 0.0256. The SMILES string of the molecule is NC(=O)COC(=O)Cc1ccccc1N(CCO[N+](=O)[O-])c1c(Cl)cccc1Cl. The molecule has 0 saturated heterocycles. The number of rotatable bonds is 10. The number of primary amides is 1. The highest BCUT2D eigenvalue weighted by molar-refractivity contribution is 6.39.